The van der Waals surface area contributed by atoms with Crippen molar-refractivity contribution in [3.63, 3.8) is 0 Å². The molecule has 286 valence electrons. The second-order valence-corrected chi connectivity index (χ2v) is 14.5. The van der Waals surface area contributed by atoms with Crippen molar-refractivity contribution in [1.29, 1.82) is 0 Å². The Morgan fingerprint density at radius 2 is 0.958 bits per heavy atom. The molecule has 0 radical (unpaired) electrons. The van der Waals surface area contributed by atoms with Crippen molar-refractivity contribution in [1.82, 2.24) is 4.90 Å². The highest BCUT2D eigenvalue weighted by molar-refractivity contribution is 5.69. The lowest BCUT2D eigenvalue weighted by Gasteiger charge is -2.18. The van der Waals surface area contributed by atoms with Gasteiger partial charge in [0, 0.05) is 19.4 Å². The van der Waals surface area contributed by atoms with Crippen molar-refractivity contribution in [3.05, 3.63) is 0 Å². The predicted octanol–water partition coefficient (Wildman–Crippen LogP) is 11.1. The van der Waals surface area contributed by atoms with Gasteiger partial charge in [-0.1, -0.05) is 129 Å². The van der Waals surface area contributed by atoms with E-state index in [1.54, 1.807) is 0 Å². The third-order valence-electron chi connectivity index (χ3n) is 9.24. The van der Waals surface area contributed by atoms with Crippen LogP contribution in [0.3, 0.4) is 0 Å². The van der Waals surface area contributed by atoms with Gasteiger partial charge in [0.2, 0.25) is 0 Å². The molecule has 0 bridgehead atoms. The van der Waals surface area contributed by atoms with Crippen molar-refractivity contribution in [3.8, 4) is 0 Å². The summed E-state index contributed by atoms with van der Waals surface area (Å²) in [7, 11) is 4.06. The average molecular weight is 684 g/mol. The first-order valence-electron chi connectivity index (χ1n) is 20.7. The molecule has 7 heteroatoms. The molecule has 0 saturated heterocycles. The zero-order chi connectivity index (χ0) is 35.3. The van der Waals surface area contributed by atoms with Gasteiger partial charge in [-0.2, -0.15) is 0 Å². The van der Waals surface area contributed by atoms with Gasteiger partial charge in [0.05, 0.1) is 6.61 Å². The summed E-state index contributed by atoms with van der Waals surface area (Å²) in [5.74, 6) is -0.0937. The van der Waals surface area contributed by atoms with Crippen molar-refractivity contribution >= 4 is 11.9 Å². The van der Waals surface area contributed by atoms with Crippen LogP contribution in [0.4, 0.5) is 0 Å². The van der Waals surface area contributed by atoms with E-state index in [-0.39, 0.29) is 18.0 Å². The van der Waals surface area contributed by atoms with E-state index in [0.29, 0.717) is 26.1 Å². The summed E-state index contributed by atoms with van der Waals surface area (Å²) >= 11 is 0. The van der Waals surface area contributed by atoms with Crippen molar-refractivity contribution in [2.75, 3.05) is 33.9 Å². The van der Waals surface area contributed by atoms with Gasteiger partial charge in [0.15, 0.2) is 6.29 Å². The molecular weight excluding hydrogens is 602 g/mol. The van der Waals surface area contributed by atoms with Gasteiger partial charge in [-0.3, -0.25) is 9.59 Å². The maximum atomic E-state index is 12.5. The first-order valence-corrected chi connectivity index (χ1v) is 20.7. The lowest BCUT2D eigenvalue weighted by Crippen LogP contribution is -2.20. The molecule has 0 aliphatic heterocycles. The van der Waals surface area contributed by atoms with Crippen LogP contribution in [-0.4, -0.2) is 68.2 Å². The quantitative estimate of drug-likeness (QED) is 0.0394. The van der Waals surface area contributed by atoms with Crippen molar-refractivity contribution in [2.24, 2.45) is 0 Å². The second kappa shape index (κ2) is 37.1. The number of aliphatic hydroxyl groups is 1. The van der Waals surface area contributed by atoms with Gasteiger partial charge in [-0.05, 0) is 84.8 Å². The number of unbranched alkanes of at least 4 members (excludes halogenated alkanes) is 20. The van der Waals surface area contributed by atoms with Crippen LogP contribution in [0.5, 0.6) is 0 Å². The van der Waals surface area contributed by atoms with Crippen LogP contribution in [0.15, 0.2) is 0 Å². The van der Waals surface area contributed by atoms with Gasteiger partial charge in [0.25, 0.3) is 0 Å². The Bertz CT molecular complexity index is 688. The fourth-order valence-electron chi connectivity index (χ4n) is 6.12. The zero-order valence-corrected chi connectivity index (χ0v) is 32.4. The summed E-state index contributed by atoms with van der Waals surface area (Å²) in [5.41, 5.74) is 0. The van der Waals surface area contributed by atoms with Crippen LogP contribution >= 0.6 is 0 Å². The topological polar surface area (TPSA) is 85.3 Å². The predicted molar refractivity (Wildman–Crippen MR) is 201 cm³/mol. The monoisotopic (exact) mass is 684 g/mol. The summed E-state index contributed by atoms with van der Waals surface area (Å²) in [4.78, 5) is 26.6. The number of esters is 2. The fourth-order valence-corrected chi connectivity index (χ4v) is 6.12. The highest BCUT2D eigenvalue weighted by Gasteiger charge is 2.14. The molecule has 0 amide bonds. The number of nitrogens with zero attached hydrogens (tertiary/aromatic N) is 1. The molecule has 1 N–H and O–H groups in total. The van der Waals surface area contributed by atoms with E-state index in [9.17, 15) is 14.7 Å². The maximum Gasteiger partial charge on any atom is 0.306 e. The minimum absolute atomic E-state index is 0.0252. The first-order chi connectivity index (χ1) is 23.4. The molecule has 0 saturated carbocycles. The number of aliphatic hydroxyl groups excluding tert-OH is 1. The summed E-state index contributed by atoms with van der Waals surface area (Å²) in [6.07, 6.45) is 31.8. The largest absolute Gasteiger partial charge is 0.466 e. The zero-order valence-electron chi connectivity index (χ0n) is 32.4. The minimum atomic E-state index is -0.614. The van der Waals surface area contributed by atoms with Crippen LogP contribution in [0.25, 0.3) is 0 Å². The van der Waals surface area contributed by atoms with Crippen molar-refractivity contribution < 1.29 is 28.9 Å². The summed E-state index contributed by atoms with van der Waals surface area (Å²) in [6.45, 7) is 6.61. The summed E-state index contributed by atoms with van der Waals surface area (Å²) < 4.78 is 16.9. The van der Waals surface area contributed by atoms with Gasteiger partial charge in [0.1, 0.15) is 6.10 Å². The first kappa shape index (κ1) is 46.8. The SMILES string of the molecule is CCCCCCCCOC(=O)CCCCCCCC[C@H](CCCCCCCCC(O)OCCCCCCCC)OC(=O)CCCN(C)C. The van der Waals surface area contributed by atoms with Crippen LogP contribution in [-0.2, 0) is 23.8 Å². The lowest BCUT2D eigenvalue weighted by atomic mass is 10.0. The second-order valence-electron chi connectivity index (χ2n) is 14.5. The molecule has 0 aliphatic rings. The van der Waals surface area contributed by atoms with E-state index in [4.69, 9.17) is 14.2 Å². The smallest absolute Gasteiger partial charge is 0.306 e. The Balaban J connectivity index is 4.01. The Morgan fingerprint density at radius 1 is 0.521 bits per heavy atom. The number of hydrogen-bond acceptors (Lipinski definition) is 7. The van der Waals surface area contributed by atoms with Gasteiger partial charge in [-0.25, -0.2) is 0 Å². The van der Waals surface area contributed by atoms with Gasteiger partial charge >= 0.3 is 11.9 Å². The van der Waals surface area contributed by atoms with Crippen LogP contribution in [0.2, 0.25) is 0 Å². The van der Waals surface area contributed by atoms with Crippen LogP contribution in [0.1, 0.15) is 206 Å². The van der Waals surface area contributed by atoms with E-state index in [2.05, 4.69) is 18.7 Å². The lowest BCUT2D eigenvalue weighted by molar-refractivity contribution is -0.150. The Morgan fingerprint density at radius 3 is 1.50 bits per heavy atom. The molecule has 2 atom stereocenters. The molecular formula is C41H81NO6. The Labute approximate surface area is 298 Å². The number of hydrogen-bond donors (Lipinski definition) is 1. The molecule has 0 spiro atoms. The molecule has 0 aliphatic carbocycles. The summed E-state index contributed by atoms with van der Waals surface area (Å²) in [5, 5.41) is 10.1. The number of carbonyl (C=O) groups excluding carboxylic acids is 2. The maximum absolute atomic E-state index is 12.5. The van der Waals surface area contributed by atoms with E-state index < -0.39 is 6.29 Å². The molecule has 1 unspecified atom stereocenters. The molecule has 0 aromatic heterocycles. The average Bonchev–Trinajstić information content (AvgIpc) is 3.05. The van der Waals surface area contributed by atoms with Crippen LogP contribution in [0, 0.1) is 0 Å². The third-order valence-corrected chi connectivity index (χ3v) is 9.24. The molecule has 0 rings (SSSR count). The Hall–Kier alpha value is -1.18. The number of rotatable bonds is 38. The van der Waals surface area contributed by atoms with E-state index in [1.807, 2.05) is 14.1 Å². The molecule has 48 heavy (non-hydrogen) atoms. The number of carbonyl (C=O) groups is 2. The highest BCUT2D eigenvalue weighted by atomic mass is 16.6. The number of ether oxygens (including phenoxy) is 3. The van der Waals surface area contributed by atoms with E-state index in [0.717, 1.165) is 116 Å². The summed E-state index contributed by atoms with van der Waals surface area (Å²) in [6, 6.07) is 0. The van der Waals surface area contributed by atoms with Crippen molar-refractivity contribution in [2.45, 2.75) is 219 Å². The molecule has 0 heterocycles. The standard InChI is InChI=1S/C41H81NO6/c1-5-7-9-11-21-27-36-46-39(43)32-25-19-15-13-17-23-30-38(48-41(45)34-29-35-42(3)4)31-24-18-14-16-20-26-33-40(44)47-37-28-22-12-10-8-6-2/h38-39,43H,5-37H2,1-4H3/t38-,39?/m0/s1. The highest BCUT2D eigenvalue weighted by Crippen LogP contribution is 2.19. The molecule has 0 aromatic carbocycles. The third kappa shape index (κ3) is 36.1. The molecule has 0 aromatic rings. The van der Waals surface area contributed by atoms with Gasteiger partial charge < -0.3 is 24.2 Å². The van der Waals surface area contributed by atoms with Crippen LogP contribution < -0.4 is 0 Å². The van der Waals surface area contributed by atoms with E-state index in [1.165, 1.54) is 70.6 Å². The molecule has 7 nitrogen and oxygen atoms in total. The van der Waals surface area contributed by atoms with E-state index >= 15 is 0 Å². The molecule has 0 fully saturated rings. The Kier molecular flexibility index (Phi) is 36.2. The normalized spacial score (nSPS) is 12.8. The van der Waals surface area contributed by atoms with Gasteiger partial charge in [-0.15, -0.1) is 0 Å². The minimum Gasteiger partial charge on any atom is -0.466 e. The fraction of sp³-hybridized carbons (Fsp3) is 0.951.